The number of aromatic nitrogens is 1. The zero-order valence-corrected chi connectivity index (χ0v) is 31.2. The van der Waals surface area contributed by atoms with E-state index in [9.17, 15) is 45.2 Å². The van der Waals surface area contributed by atoms with Gasteiger partial charge < -0.3 is 28.9 Å². The highest BCUT2D eigenvalue weighted by Gasteiger charge is 2.42. The van der Waals surface area contributed by atoms with Crippen molar-refractivity contribution >= 4 is 50.9 Å². The fourth-order valence-corrected chi connectivity index (χ4v) is 6.98. The van der Waals surface area contributed by atoms with Crippen molar-refractivity contribution in [2.75, 3.05) is 56.6 Å². The van der Waals surface area contributed by atoms with E-state index in [1.54, 1.807) is 0 Å². The first kappa shape index (κ1) is 42.0. The van der Waals surface area contributed by atoms with Crippen molar-refractivity contribution < 1.29 is 68.4 Å². The lowest BCUT2D eigenvalue weighted by Gasteiger charge is -2.30. The largest absolute Gasteiger partial charge is 0.619 e. The van der Waals surface area contributed by atoms with Gasteiger partial charge in [-0.25, -0.2) is 18.0 Å². The number of hydrogen-bond acceptors (Lipinski definition) is 11. The first-order valence-electron chi connectivity index (χ1n) is 16.6. The van der Waals surface area contributed by atoms with Crippen molar-refractivity contribution in [1.29, 1.82) is 0 Å². The number of ether oxygens (including phenoxy) is 5. The van der Waals surface area contributed by atoms with E-state index >= 15 is 0 Å². The van der Waals surface area contributed by atoms with Crippen molar-refractivity contribution in [3.8, 4) is 17.2 Å². The Bertz CT molecular complexity index is 1960. The van der Waals surface area contributed by atoms with E-state index in [1.807, 2.05) is 4.90 Å². The fraction of sp³-hybridized carbons (Fsp3) is 0.441. The third kappa shape index (κ3) is 11.7. The van der Waals surface area contributed by atoms with Crippen molar-refractivity contribution in [1.82, 2.24) is 4.90 Å². The quantitative estimate of drug-likeness (QED) is 0.0574. The zero-order valence-electron chi connectivity index (χ0n) is 28.9. The Kier molecular flexibility index (Phi) is 13.5. The minimum atomic E-state index is -5.52. The molecular formula is C34H34Cl2F5N3O10S. The van der Waals surface area contributed by atoms with Crippen LogP contribution in [0.3, 0.4) is 0 Å². The second-order valence-electron chi connectivity index (χ2n) is 12.6. The van der Waals surface area contributed by atoms with Crippen LogP contribution in [-0.4, -0.2) is 90.3 Å². The molecule has 1 aliphatic carbocycles. The molecule has 1 unspecified atom stereocenters. The Balaban J connectivity index is 1.53. The molecule has 2 fully saturated rings. The highest BCUT2D eigenvalue weighted by atomic mass is 35.5. The van der Waals surface area contributed by atoms with Crippen LogP contribution in [0.1, 0.15) is 40.4 Å². The molecule has 1 saturated heterocycles. The van der Waals surface area contributed by atoms with E-state index in [2.05, 4.69) is 9.47 Å². The van der Waals surface area contributed by atoms with E-state index in [4.69, 9.17) is 37.4 Å². The van der Waals surface area contributed by atoms with Crippen LogP contribution in [0, 0.1) is 11.1 Å². The molecule has 21 heteroatoms. The van der Waals surface area contributed by atoms with Crippen LogP contribution in [-0.2, 0) is 30.7 Å². The molecule has 13 nitrogen and oxygen atoms in total. The molecule has 0 N–H and O–H groups in total. The molecule has 1 atom stereocenters. The first-order chi connectivity index (χ1) is 25.9. The van der Waals surface area contributed by atoms with E-state index in [0.29, 0.717) is 31.0 Å². The van der Waals surface area contributed by atoms with Crippen LogP contribution in [0.5, 0.6) is 17.2 Å². The summed E-state index contributed by atoms with van der Waals surface area (Å²) in [5.74, 6) is -5.37. The summed E-state index contributed by atoms with van der Waals surface area (Å²) >= 11 is 12.6. The summed E-state index contributed by atoms with van der Waals surface area (Å²) in [5, 5.41) is 11.6. The number of halogens is 7. The number of carbonyl (C=O) groups is 2. The van der Waals surface area contributed by atoms with Gasteiger partial charge in [0.25, 0.3) is 0 Å². The first-order valence-corrected chi connectivity index (χ1v) is 19.2. The second kappa shape index (κ2) is 17.7. The third-order valence-corrected chi connectivity index (χ3v) is 10.3. The van der Waals surface area contributed by atoms with Gasteiger partial charge in [0.15, 0.2) is 23.9 Å². The van der Waals surface area contributed by atoms with Crippen LogP contribution in [0.15, 0.2) is 48.8 Å². The summed E-state index contributed by atoms with van der Waals surface area (Å²) in [7, 11) is -4.07. The average Bonchev–Trinajstić information content (AvgIpc) is 3.93. The van der Waals surface area contributed by atoms with Gasteiger partial charge in [-0.15, -0.1) is 0 Å². The molecule has 2 heterocycles. The molecule has 0 amide bonds. The van der Waals surface area contributed by atoms with Gasteiger partial charge in [0, 0.05) is 44.2 Å². The minimum Gasteiger partial charge on any atom is -0.619 e. The molecule has 0 bridgehead atoms. The molecular weight excluding hydrogens is 808 g/mol. The number of morpholine rings is 1. The summed E-state index contributed by atoms with van der Waals surface area (Å²) in [4.78, 5) is 27.9. The SMILES string of the molecule is CS(=O)(=O)N(CCN1CCOCC1)c1ccc(C(=O)OC(Cc2c(Cl)c[n+]([O-])cc2Cl)c2ccc(OC(F)F)c(OCC3CC3)c2)c(OC(=O)C(F)(F)F)c1. The molecule has 300 valence electrons. The van der Waals surface area contributed by atoms with Crippen LogP contribution in [0.2, 0.25) is 10.0 Å². The lowest BCUT2D eigenvalue weighted by atomic mass is 10.0. The van der Waals surface area contributed by atoms with Gasteiger partial charge in [0.1, 0.15) is 27.5 Å². The molecule has 5 rings (SSSR count). The van der Waals surface area contributed by atoms with Gasteiger partial charge in [-0.3, -0.25) is 9.21 Å². The molecule has 0 radical (unpaired) electrons. The molecule has 2 aliphatic rings. The number of nitrogens with zero attached hydrogens (tertiary/aromatic N) is 3. The monoisotopic (exact) mass is 841 g/mol. The van der Waals surface area contributed by atoms with Crippen molar-refractivity contribution in [3.63, 3.8) is 0 Å². The third-order valence-electron chi connectivity index (χ3n) is 8.45. The zero-order chi connectivity index (χ0) is 40.1. The van der Waals surface area contributed by atoms with E-state index in [1.165, 1.54) is 12.1 Å². The van der Waals surface area contributed by atoms with E-state index in [-0.39, 0.29) is 70.4 Å². The Hall–Kier alpha value is -4.17. The lowest BCUT2D eigenvalue weighted by molar-refractivity contribution is -0.605. The Labute approximate surface area is 322 Å². The molecule has 55 heavy (non-hydrogen) atoms. The highest BCUT2D eigenvalue weighted by molar-refractivity contribution is 7.92. The second-order valence-corrected chi connectivity index (χ2v) is 15.3. The molecule has 3 aromatic rings. The number of carbonyl (C=O) groups excluding carboxylic acids is 2. The maximum Gasteiger partial charge on any atom is 0.491 e. The number of alkyl halides is 5. The Morgan fingerprint density at radius 3 is 2.31 bits per heavy atom. The number of pyridine rings is 1. The maximum atomic E-state index is 13.9. The maximum absolute atomic E-state index is 13.9. The molecule has 1 aliphatic heterocycles. The molecule has 2 aromatic carbocycles. The summed E-state index contributed by atoms with van der Waals surface area (Å²) in [6.07, 6.45) is -2.85. The molecule has 0 spiro atoms. The number of rotatable bonds is 16. The normalized spacial score (nSPS) is 15.7. The number of sulfonamides is 1. The van der Waals surface area contributed by atoms with Crippen LogP contribution >= 0.6 is 23.2 Å². The number of benzene rings is 2. The number of anilines is 1. The van der Waals surface area contributed by atoms with Gasteiger partial charge >= 0.3 is 24.7 Å². The van der Waals surface area contributed by atoms with Gasteiger partial charge in [-0.2, -0.15) is 26.7 Å². The van der Waals surface area contributed by atoms with Crippen molar-refractivity contribution in [3.05, 3.63) is 80.7 Å². The van der Waals surface area contributed by atoms with Crippen molar-refractivity contribution in [2.24, 2.45) is 5.92 Å². The molecule has 1 aromatic heterocycles. The lowest BCUT2D eigenvalue weighted by Crippen LogP contribution is -2.43. The standard InChI is InChI=1S/C34H34Cl2F5N3O10S/c1-55(48,49)44(9-8-42-10-12-50-13-11-42)22-5-6-23(29(15-22)53-32(46)34(39,40)41)31(45)52-28(16-24-25(35)17-43(47)18-26(24)36)21-4-7-27(54-33(37)38)30(14-21)51-19-20-2-3-20/h4-7,14-15,17-18,20,28,33H,2-3,8-13,16,19H2,1H3. The highest BCUT2D eigenvalue weighted by Crippen LogP contribution is 2.39. The predicted molar refractivity (Wildman–Crippen MR) is 186 cm³/mol. The van der Waals surface area contributed by atoms with Gasteiger partial charge in [0.2, 0.25) is 10.0 Å². The summed E-state index contributed by atoms with van der Waals surface area (Å²) < 4.78 is 120. The number of hydrogen-bond donors (Lipinski definition) is 0. The van der Waals surface area contributed by atoms with Crippen LogP contribution in [0.25, 0.3) is 0 Å². The van der Waals surface area contributed by atoms with Crippen LogP contribution in [0.4, 0.5) is 27.6 Å². The Morgan fingerprint density at radius 1 is 1.04 bits per heavy atom. The minimum absolute atomic E-state index is 0.0866. The Morgan fingerprint density at radius 2 is 1.71 bits per heavy atom. The smallest absolute Gasteiger partial charge is 0.491 e. The summed E-state index contributed by atoms with van der Waals surface area (Å²) in [6, 6.07) is 6.47. The van der Waals surface area contributed by atoms with Gasteiger partial charge in [0.05, 0.1) is 31.8 Å². The summed E-state index contributed by atoms with van der Waals surface area (Å²) in [5.41, 5.74) is -0.776. The van der Waals surface area contributed by atoms with E-state index < -0.39 is 52.2 Å². The van der Waals surface area contributed by atoms with Crippen LogP contribution < -0.4 is 23.2 Å². The summed E-state index contributed by atoms with van der Waals surface area (Å²) in [6.45, 7) is -1.17. The predicted octanol–water partition coefficient (Wildman–Crippen LogP) is 5.72. The average molecular weight is 843 g/mol. The van der Waals surface area contributed by atoms with E-state index in [0.717, 1.165) is 60.1 Å². The fourth-order valence-electron chi connectivity index (χ4n) is 5.47. The van der Waals surface area contributed by atoms with Gasteiger partial charge in [-0.1, -0.05) is 29.3 Å². The topological polar surface area (TPSA) is 148 Å². The molecule has 1 saturated carbocycles. The number of esters is 2. The van der Waals surface area contributed by atoms with Crippen molar-refractivity contribution in [2.45, 2.75) is 38.2 Å². The van der Waals surface area contributed by atoms with Gasteiger partial charge in [-0.05, 0) is 48.6 Å².